The van der Waals surface area contributed by atoms with Gasteiger partial charge in [-0.2, -0.15) is 5.10 Å². The summed E-state index contributed by atoms with van der Waals surface area (Å²) in [5.74, 6) is -0.742. The van der Waals surface area contributed by atoms with Crippen LogP contribution in [0.4, 0.5) is 0 Å². The lowest BCUT2D eigenvalue weighted by Crippen LogP contribution is -2.31. The second-order valence-corrected chi connectivity index (χ2v) is 5.79. The van der Waals surface area contributed by atoms with Crippen LogP contribution < -0.4 is 0 Å². The molecule has 2 aromatic rings. The first-order valence-electron chi connectivity index (χ1n) is 6.68. The van der Waals surface area contributed by atoms with Gasteiger partial charge < -0.3 is 9.47 Å². The molecule has 0 radical (unpaired) electrons. The van der Waals surface area contributed by atoms with Crippen LogP contribution in [0, 0.1) is 0 Å². The quantitative estimate of drug-likeness (QED) is 0.868. The van der Waals surface area contributed by atoms with E-state index in [1.54, 1.807) is 36.3 Å². The van der Waals surface area contributed by atoms with E-state index in [0.29, 0.717) is 28.0 Å². The average molecular weight is 328 g/mol. The zero-order valence-electron chi connectivity index (χ0n) is 11.7. The zero-order valence-corrected chi connectivity index (χ0v) is 13.2. The molecule has 2 heterocycles. The monoisotopic (exact) mass is 327 g/mol. The number of aryl methyl sites for hydroxylation is 1. The van der Waals surface area contributed by atoms with E-state index in [2.05, 4.69) is 10.1 Å². The van der Waals surface area contributed by atoms with E-state index in [1.807, 2.05) is 6.92 Å². The standard InChI is InChI=1S/C14H15Cl2N3O2/c1-3-10-7-20-14(21-10,13-17-8-19(2)18-13)11-5-4-9(15)6-12(11)16/h4-6,8,10H,3,7H2,1-2H3. The van der Waals surface area contributed by atoms with Crippen LogP contribution in [0.3, 0.4) is 0 Å². The van der Waals surface area contributed by atoms with Crippen molar-refractivity contribution in [2.24, 2.45) is 7.05 Å². The minimum absolute atomic E-state index is 0.0273. The maximum Gasteiger partial charge on any atom is 0.261 e. The summed E-state index contributed by atoms with van der Waals surface area (Å²) in [6, 6.07) is 5.20. The van der Waals surface area contributed by atoms with Crippen molar-refractivity contribution in [3.8, 4) is 0 Å². The number of halogens is 2. The molecule has 1 aliphatic heterocycles. The molecular weight excluding hydrogens is 313 g/mol. The Morgan fingerprint density at radius 2 is 2.24 bits per heavy atom. The van der Waals surface area contributed by atoms with Crippen molar-refractivity contribution in [2.45, 2.75) is 25.2 Å². The molecule has 3 rings (SSSR count). The third kappa shape index (κ3) is 2.55. The average Bonchev–Trinajstić information content (AvgIpc) is 3.06. The molecule has 5 nitrogen and oxygen atoms in total. The predicted octanol–water partition coefficient (Wildman–Crippen LogP) is 3.15. The first-order valence-corrected chi connectivity index (χ1v) is 7.44. The summed E-state index contributed by atoms with van der Waals surface area (Å²) in [6.07, 6.45) is 2.41. The Morgan fingerprint density at radius 1 is 1.43 bits per heavy atom. The lowest BCUT2D eigenvalue weighted by Gasteiger charge is -2.26. The molecule has 0 N–H and O–H groups in total. The molecule has 21 heavy (non-hydrogen) atoms. The van der Waals surface area contributed by atoms with Crippen LogP contribution in [-0.4, -0.2) is 27.5 Å². The number of ether oxygens (including phenoxy) is 2. The molecule has 0 spiro atoms. The Kier molecular flexibility index (Phi) is 3.92. The summed E-state index contributed by atoms with van der Waals surface area (Å²) in [6.45, 7) is 2.51. The van der Waals surface area contributed by atoms with Gasteiger partial charge in [0.25, 0.3) is 5.79 Å². The number of hydrogen-bond donors (Lipinski definition) is 0. The molecule has 1 fully saturated rings. The molecule has 2 unspecified atom stereocenters. The summed E-state index contributed by atoms with van der Waals surface area (Å²) in [7, 11) is 1.79. The van der Waals surface area contributed by atoms with Gasteiger partial charge in [0.15, 0.2) is 0 Å². The molecule has 7 heteroatoms. The Labute approximate surface area is 132 Å². The van der Waals surface area contributed by atoms with Crippen LogP contribution in [0.5, 0.6) is 0 Å². The van der Waals surface area contributed by atoms with Gasteiger partial charge in [0.2, 0.25) is 5.82 Å². The van der Waals surface area contributed by atoms with Gasteiger partial charge in [0, 0.05) is 17.6 Å². The second-order valence-electron chi connectivity index (χ2n) is 4.94. The molecule has 0 amide bonds. The largest absolute Gasteiger partial charge is 0.337 e. The van der Waals surface area contributed by atoms with Crippen molar-refractivity contribution < 1.29 is 9.47 Å². The normalized spacial score (nSPS) is 25.4. The topological polar surface area (TPSA) is 49.2 Å². The third-order valence-corrected chi connectivity index (χ3v) is 3.99. The van der Waals surface area contributed by atoms with E-state index < -0.39 is 5.79 Å². The van der Waals surface area contributed by atoms with Crippen molar-refractivity contribution in [2.75, 3.05) is 6.61 Å². The minimum Gasteiger partial charge on any atom is -0.337 e. The summed E-state index contributed by atoms with van der Waals surface area (Å²) in [5, 5.41) is 5.36. The summed E-state index contributed by atoms with van der Waals surface area (Å²) < 4.78 is 13.7. The summed E-state index contributed by atoms with van der Waals surface area (Å²) in [4.78, 5) is 4.29. The fraction of sp³-hybridized carbons (Fsp3) is 0.429. The smallest absolute Gasteiger partial charge is 0.261 e. The van der Waals surface area contributed by atoms with Crippen molar-refractivity contribution in [1.82, 2.24) is 14.8 Å². The van der Waals surface area contributed by atoms with Gasteiger partial charge in [-0.15, -0.1) is 0 Å². The Hall–Kier alpha value is -1.14. The van der Waals surface area contributed by atoms with Gasteiger partial charge in [0.05, 0.1) is 17.7 Å². The maximum atomic E-state index is 6.34. The third-order valence-electron chi connectivity index (χ3n) is 3.44. The van der Waals surface area contributed by atoms with Crippen molar-refractivity contribution in [1.29, 1.82) is 0 Å². The second kappa shape index (κ2) is 5.57. The van der Waals surface area contributed by atoms with Gasteiger partial charge >= 0.3 is 0 Å². The molecule has 1 aromatic heterocycles. The van der Waals surface area contributed by atoms with Crippen molar-refractivity contribution >= 4 is 23.2 Å². The first-order chi connectivity index (χ1) is 10.0. The Morgan fingerprint density at radius 3 is 2.81 bits per heavy atom. The van der Waals surface area contributed by atoms with E-state index >= 15 is 0 Å². The van der Waals surface area contributed by atoms with Gasteiger partial charge in [-0.25, -0.2) is 4.98 Å². The molecule has 112 valence electrons. The fourth-order valence-electron chi connectivity index (χ4n) is 2.34. The SMILES string of the molecule is CCC1COC(c2ncn(C)n2)(c2ccc(Cl)cc2Cl)O1. The molecule has 1 aliphatic rings. The number of hydrogen-bond acceptors (Lipinski definition) is 4. The maximum absolute atomic E-state index is 6.34. The Balaban J connectivity index is 2.13. The lowest BCUT2D eigenvalue weighted by molar-refractivity contribution is -0.148. The van der Waals surface area contributed by atoms with Gasteiger partial charge in [0.1, 0.15) is 6.33 Å². The molecular formula is C14H15Cl2N3O2. The van der Waals surface area contributed by atoms with Crippen LogP contribution in [0.1, 0.15) is 24.7 Å². The first kappa shape index (κ1) is 14.8. The number of aromatic nitrogens is 3. The molecule has 0 saturated carbocycles. The van der Waals surface area contributed by atoms with Crippen LogP contribution in [-0.2, 0) is 22.3 Å². The highest BCUT2D eigenvalue weighted by molar-refractivity contribution is 6.35. The highest BCUT2D eigenvalue weighted by Gasteiger charge is 2.48. The number of nitrogens with zero attached hydrogens (tertiary/aromatic N) is 3. The highest BCUT2D eigenvalue weighted by atomic mass is 35.5. The van der Waals surface area contributed by atoms with Crippen LogP contribution in [0.2, 0.25) is 10.0 Å². The van der Waals surface area contributed by atoms with Crippen molar-refractivity contribution in [3.63, 3.8) is 0 Å². The highest BCUT2D eigenvalue weighted by Crippen LogP contribution is 2.43. The van der Waals surface area contributed by atoms with Crippen LogP contribution >= 0.6 is 23.2 Å². The van der Waals surface area contributed by atoms with E-state index in [1.165, 1.54) is 0 Å². The predicted molar refractivity (Wildman–Crippen MR) is 79.4 cm³/mol. The molecule has 0 bridgehead atoms. The Bertz CT molecular complexity index is 661. The molecule has 2 atom stereocenters. The molecule has 1 saturated heterocycles. The van der Waals surface area contributed by atoms with Crippen molar-refractivity contribution in [3.05, 3.63) is 46.0 Å². The van der Waals surface area contributed by atoms with Crippen LogP contribution in [0.25, 0.3) is 0 Å². The fourth-order valence-corrected chi connectivity index (χ4v) is 2.87. The number of benzene rings is 1. The van der Waals surface area contributed by atoms with E-state index in [-0.39, 0.29) is 6.10 Å². The van der Waals surface area contributed by atoms with Crippen LogP contribution in [0.15, 0.2) is 24.5 Å². The summed E-state index contributed by atoms with van der Waals surface area (Å²) in [5.41, 5.74) is 0.663. The molecule has 1 aromatic carbocycles. The lowest BCUT2D eigenvalue weighted by atomic mass is 10.0. The zero-order chi connectivity index (χ0) is 15.0. The van der Waals surface area contributed by atoms with E-state index in [0.717, 1.165) is 6.42 Å². The van der Waals surface area contributed by atoms with Gasteiger partial charge in [-0.3, -0.25) is 4.68 Å². The van der Waals surface area contributed by atoms with Gasteiger partial charge in [-0.1, -0.05) is 36.2 Å². The van der Waals surface area contributed by atoms with E-state index in [9.17, 15) is 0 Å². The number of rotatable bonds is 3. The minimum atomic E-state index is -1.18. The van der Waals surface area contributed by atoms with E-state index in [4.69, 9.17) is 32.7 Å². The van der Waals surface area contributed by atoms with Gasteiger partial charge in [-0.05, 0) is 18.6 Å². The summed E-state index contributed by atoms with van der Waals surface area (Å²) >= 11 is 12.3. The molecule has 0 aliphatic carbocycles.